The minimum atomic E-state index is -3.48. The van der Waals surface area contributed by atoms with Gasteiger partial charge in [-0.15, -0.1) is 0 Å². The minimum Gasteiger partial charge on any atom is -0.314 e. The molecule has 4 saturated carbocycles. The number of pyridine rings is 5. The third-order valence-corrected chi connectivity index (χ3v) is 31.2. The number of sulfonamides is 5. The van der Waals surface area contributed by atoms with E-state index in [0.29, 0.717) is 148 Å². The molecule has 0 aliphatic heterocycles. The van der Waals surface area contributed by atoms with Crippen LogP contribution in [0.2, 0.25) is 10.0 Å². The third-order valence-electron chi connectivity index (χ3n) is 23.1. The number of halogens is 5. The van der Waals surface area contributed by atoms with Crippen molar-refractivity contribution >= 4 is 102 Å². The van der Waals surface area contributed by atoms with Crippen molar-refractivity contribution in [3.8, 4) is 84.1 Å². The Morgan fingerprint density at radius 1 is 0.343 bits per heavy atom. The highest BCUT2D eigenvalue weighted by atomic mass is 35.5. The molecule has 0 unspecified atom stereocenters. The number of aromatic nitrogens is 15. The summed E-state index contributed by atoms with van der Waals surface area (Å²) in [6.45, 7) is 14.5. The lowest BCUT2D eigenvalue weighted by Crippen LogP contribution is -2.21. The Morgan fingerprint density at radius 3 is 0.916 bits per heavy atom. The second kappa shape index (κ2) is 43.9. The lowest BCUT2D eigenvalue weighted by Gasteiger charge is -2.10. The lowest BCUT2D eigenvalue weighted by atomic mass is 10.1. The number of rotatable bonds is 33. The van der Waals surface area contributed by atoms with Crippen LogP contribution in [0.5, 0.6) is 0 Å². The van der Waals surface area contributed by atoms with Gasteiger partial charge in [0, 0.05) is 192 Å². The molecule has 19 rings (SSSR count). The van der Waals surface area contributed by atoms with Gasteiger partial charge < -0.3 is 22.8 Å². The van der Waals surface area contributed by atoms with E-state index in [1.807, 2.05) is 53.2 Å². The van der Waals surface area contributed by atoms with E-state index in [-0.39, 0.29) is 66.4 Å². The van der Waals surface area contributed by atoms with Crippen molar-refractivity contribution < 1.29 is 55.3 Å². The molecule has 143 heavy (non-hydrogen) atoms. The van der Waals surface area contributed by atoms with Crippen LogP contribution in [0.3, 0.4) is 0 Å². The molecule has 4 fully saturated rings. The Kier molecular flexibility index (Phi) is 31.7. The molecule has 750 valence electrons. The summed E-state index contributed by atoms with van der Waals surface area (Å²) in [5.74, 6) is -0.860. The molecule has 15 aromatic rings. The van der Waals surface area contributed by atoms with Crippen molar-refractivity contribution in [1.29, 1.82) is 0 Å². The van der Waals surface area contributed by atoms with Gasteiger partial charge in [-0.3, -0.25) is 47.6 Å². The molecule has 35 nitrogen and oxygen atoms in total. The number of benzene rings is 5. The Labute approximate surface area is 832 Å². The summed E-state index contributed by atoms with van der Waals surface area (Å²) in [5.41, 5.74) is 10.3. The van der Waals surface area contributed by atoms with Gasteiger partial charge in [0.25, 0.3) is 27.8 Å². The Hall–Kier alpha value is -14.0. The predicted octanol–water partition coefficient (Wildman–Crippen LogP) is 16.0. The highest BCUT2D eigenvalue weighted by Crippen LogP contribution is 2.39. The molecular weight excluding hydrogens is 1990 g/mol. The van der Waals surface area contributed by atoms with E-state index in [9.17, 15) is 79.2 Å². The Morgan fingerprint density at radius 2 is 0.622 bits per heavy atom. The van der Waals surface area contributed by atoms with E-state index in [0.717, 1.165) is 71.4 Å². The number of hydrogen-bond acceptors (Lipinski definition) is 20. The van der Waals surface area contributed by atoms with E-state index in [4.69, 9.17) is 23.2 Å². The second-order valence-electron chi connectivity index (χ2n) is 35.2. The second-order valence-corrected chi connectivity index (χ2v) is 45.7. The zero-order valence-electron chi connectivity index (χ0n) is 78.6. The van der Waals surface area contributed by atoms with Crippen molar-refractivity contribution in [2.75, 3.05) is 35.6 Å². The van der Waals surface area contributed by atoms with E-state index >= 15 is 0 Å². The summed E-state index contributed by atoms with van der Waals surface area (Å²) in [4.78, 5) is 59.5. The molecule has 5 N–H and O–H groups in total. The van der Waals surface area contributed by atoms with Crippen LogP contribution >= 0.6 is 23.2 Å². The molecule has 4 aliphatic rings. The van der Waals surface area contributed by atoms with Gasteiger partial charge in [0.1, 0.15) is 17.5 Å². The number of hydrogen-bond donors (Lipinski definition) is 5. The SMILES string of the molecule is CC(C)Cn1cc(-n2cc(-c3ccc(NS(=O)(=O)C4CC4)cc3F)cn2)ccc1=O.CCCn1cc(-n2cc(-c3ccc(NS(=O)(=O)CC)cc3F)cn2)ccc1=O.CCCn1cc(-n2cc(-c3ccc(NS(C)(=O)=O)cc3F)cn2)ccc1=O.CCn1cc(-n2cc(-c3ccc(NS(=O)(=O)C4CC4)cc3Cl)cn2)ccc1=O.O=c1ccc(-n2cc(-c3ccc(NS(=O)(=O)C4CC4)cc3Cl)cn2)cn1CC1CC1. The number of nitrogens with one attached hydrogen (secondary N) is 5. The van der Waals surface area contributed by atoms with Gasteiger partial charge in [-0.05, 0) is 199 Å². The lowest BCUT2D eigenvalue weighted by molar-refractivity contribution is 0.509. The number of aryl methyl sites for hydroxylation is 3. The molecule has 0 spiro atoms. The first-order chi connectivity index (χ1) is 68.1. The fourth-order valence-electron chi connectivity index (χ4n) is 15.0. The van der Waals surface area contributed by atoms with Crippen molar-refractivity contribution in [2.24, 2.45) is 11.8 Å². The van der Waals surface area contributed by atoms with Crippen molar-refractivity contribution in [3.05, 3.63) is 324 Å². The minimum absolute atomic E-state index is 0.00897. The van der Waals surface area contributed by atoms with E-state index in [1.165, 1.54) is 99.0 Å². The van der Waals surface area contributed by atoms with Gasteiger partial charge in [0.15, 0.2) is 0 Å². The molecule has 0 atom stereocenters. The molecule has 45 heteroatoms. The molecule has 0 amide bonds. The third kappa shape index (κ3) is 26.9. The molecule has 10 aromatic heterocycles. The van der Waals surface area contributed by atoms with E-state index in [1.54, 1.807) is 181 Å². The predicted molar refractivity (Wildman–Crippen MR) is 548 cm³/mol. The fraction of sp³-hybridized carbons (Fsp3) is 0.286. The molecular formula is C98H103Cl2F3N20O15S5. The molecule has 5 aromatic carbocycles. The first-order valence-corrected chi connectivity index (χ1v) is 54.8. The van der Waals surface area contributed by atoms with E-state index < -0.39 is 67.6 Å². The van der Waals surface area contributed by atoms with Crippen molar-refractivity contribution in [3.63, 3.8) is 0 Å². The molecule has 0 bridgehead atoms. The maximum atomic E-state index is 14.7. The first kappa shape index (κ1) is 103. The largest absolute Gasteiger partial charge is 0.314 e. The van der Waals surface area contributed by atoms with Crippen LogP contribution in [0.1, 0.15) is 106 Å². The van der Waals surface area contributed by atoms with Gasteiger partial charge in [-0.2, -0.15) is 25.5 Å². The Balaban J connectivity index is 0.000000135. The quantitative estimate of drug-likeness (QED) is 0.0255. The molecule has 4 aliphatic carbocycles. The topological polar surface area (TPSA) is 430 Å². The van der Waals surface area contributed by atoms with Crippen LogP contribution in [0.4, 0.5) is 41.6 Å². The van der Waals surface area contributed by atoms with E-state index in [2.05, 4.69) is 49.1 Å². The molecule has 10 heterocycles. The average Bonchev–Trinajstić information content (AvgIpc) is 1.66. The van der Waals surface area contributed by atoms with Gasteiger partial charge >= 0.3 is 0 Å². The van der Waals surface area contributed by atoms with Crippen LogP contribution in [0.15, 0.2) is 269 Å². The van der Waals surface area contributed by atoms with Gasteiger partial charge in [0.05, 0.1) is 114 Å². The summed E-state index contributed by atoms with van der Waals surface area (Å²) in [7, 11) is -17.1. The fourth-order valence-corrected chi connectivity index (χ4v) is 20.9. The highest BCUT2D eigenvalue weighted by Gasteiger charge is 2.38. The molecule has 0 saturated heterocycles. The maximum absolute atomic E-state index is 14.7. The smallest absolute Gasteiger partial charge is 0.250 e. The maximum Gasteiger partial charge on any atom is 0.250 e. The van der Waals surface area contributed by atoms with Crippen LogP contribution < -0.4 is 51.4 Å². The summed E-state index contributed by atoms with van der Waals surface area (Å²) in [6.07, 6.45) is 34.4. The van der Waals surface area contributed by atoms with Gasteiger partial charge in [-0.25, -0.2) is 78.7 Å². The first-order valence-electron chi connectivity index (χ1n) is 45.9. The summed E-state index contributed by atoms with van der Waals surface area (Å²) >= 11 is 12.8. The summed E-state index contributed by atoms with van der Waals surface area (Å²) < 4.78 is 190. The van der Waals surface area contributed by atoms with Crippen LogP contribution in [-0.4, -0.2) is 142 Å². The van der Waals surface area contributed by atoms with Gasteiger partial charge in [0.2, 0.25) is 50.1 Å². The molecule has 0 radical (unpaired) electrons. The van der Waals surface area contributed by atoms with Crippen LogP contribution in [0, 0.1) is 29.3 Å². The standard InChI is InChI=1S/C21H21ClN4O3S.C21H23FN4O3S.C19H19ClN4O3S.C19H21FN4O3S.C18H19FN4O3S/c22-20-9-16(24-30(28,29)18-5-6-18)3-7-19(20)15-10-23-26(12-15)17-4-8-21(27)25(13-17)11-14-1-2-14;1-14(2)11-25-13-17(4-8-21(25)27)26-12-15(10-23-26)19-7-3-16(9-20(19)22)24-30(28,29)18-5-6-18;1-2-23-12-15(4-8-19(23)25)24-11-13(10-21-24)17-7-3-14(9-18(17)20)22-28(26,27)16-5-6-16;1-3-9-23-13-16(6-8-19(23)25)24-12-14(11-21-24)17-7-5-15(10-18(17)20)22-28(26,27)4-2;1-3-8-22-12-15(5-7-18(22)24)23-11-13(10-20-23)16-6-4-14(9-17(16)19)21-27(2,25)26/h3-4,7-10,12-14,18,24H,1-2,5-6,11H2;3-4,7-10,12-14,18,24H,5-6,11H2,1-2H3;3-4,7-12,16,22H,2,5-6H2,1H3;5-8,10-13,22H,3-4,9H2,1-2H3;4-7,9-12,21H,3,8H2,1-2H3. The van der Waals surface area contributed by atoms with Gasteiger partial charge in [-0.1, -0.05) is 63.0 Å². The van der Waals surface area contributed by atoms with Crippen molar-refractivity contribution in [1.82, 2.24) is 71.7 Å². The average molecular weight is 2090 g/mol. The summed E-state index contributed by atoms with van der Waals surface area (Å²) in [5, 5.41) is 21.4. The Bertz CT molecular complexity index is 8020. The monoisotopic (exact) mass is 2090 g/mol. The van der Waals surface area contributed by atoms with Crippen LogP contribution in [-0.2, 0) is 82.8 Å². The summed E-state index contributed by atoms with van der Waals surface area (Å²) in [6, 6.07) is 38.6. The number of nitrogens with zero attached hydrogens (tertiary/aromatic N) is 15. The number of anilines is 5. The van der Waals surface area contributed by atoms with Crippen LogP contribution in [0.25, 0.3) is 84.1 Å². The van der Waals surface area contributed by atoms with Crippen molar-refractivity contribution in [2.45, 2.75) is 154 Å². The highest BCUT2D eigenvalue weighted by molar-refractivity contribution is 7.94. The zero-order valence-corrected chi connectivity index (χ0v) is 84.2. The normalized spacial score (nSPS) is 13.7. The zero-order chi connectivity index (χ0) is 102.